The predicted octanol–water partition coefficient (Wildman–Crippen LogP) is 4.01. The van der Waals surface area contributed by atoms with Crippen molar-refractivity contribution in [3.05, 3.63) is 54.6 Å². The molecule has 1 heterocycles. The van der Waals surface area contributed by atoms with Gasteiger partial charge in [0.2, 0.25) is 11.8 Å². The van der Waals surface area contributed by atoms with Crippen LogP contribution in [-0.2, 0) is 9.59 Å². The van der Waals surface area contributed by atoms with Crippen molar-refractivity contribution in [3.8, 4) is 11.5 Å². The molecule has 1 unspecified atom stereocenters. The first-order valence-corrected chi connectivity index (χ1v) is 8.54. The van der Waals surface area contributed by atoms with E-state index in [0.29, 0.717) is 25.1 Å². The summed E-state index contributed by atoms with van der Waals surface area (Å²) in [6.07, 6.45) is 0.698. The number of nitrogens with zero attached hydrogens (tertiary/aromatic N) is 2. The van der Waals surface area contributed by atoms with Crippen LogP contribution in [0.1, 0.15) is 26.7 Å². The number of anilines is 1. The fraction of sp³-hybridized carbons (Fsp3) is 0.300. The minimum atomic E-state index is -0.179. The lowest BCUT2D eigenvalue weighted by Gasteiger charge is -2.40. The number of hydrogen-bond donors (Lipinski definition) is 0. The molecule has 0 aliphatic carbocycles. The van der Waals surface area contributed by atoms with E-state index in [1.165, 1.54) is 5.01 Å². The normalized spacial score (nSPS) is 17.5. The zero-order valence-corrected chi connectivity index (χ0v) is 14.5. The van der Waals surface area contributed by atoms with Crippen molar-refractivity contribution >= 4 is 17.5 Å². The molecule has 1 aliphatic rings. The first-order valence-electron chi connectivity index (χ1n) is 8.54. The Labute approximate surface area is 147 Å². The fourth-order valence-electron chi connectivity index (χ4n) is 2.92. The van der Waals surface area contributed by atoms with E-state index in [1.54, 1.807) is 11.9 Å². The molecular weight excluding hydrogens is 316 g/mol. The second-order valence-corrected chi connectivity index (χ2v) is 6.25. The van der Waals surface area contributed by atoms with Gasteiger partial charge >= 0.3 is 0 Å². The first kappa shape index (κ1) is 17.0. The van der Waals surface area contributed by atoms with Gasteiger partial charge in [-0.05, 0) is 42.3 Å². The molecular formula is C20H22N2O3. The van der Waals surface area contributed by atoms with Gasteiger partial charge in [0.05, 0.1) is 5.69 Å². The summed E-state index contributed by atoms with van der Waals surface area (Å²) < 4.78 is 5.79. The van der Waals surface area contributed by atoms with Crippen LogP contribution in [-0.4, -0.2) is 23.4 Å². The Morgan fingerprint density at radius 2 is 1.72 bits per heavy atom. The van der Waals surface area contributed by atoms with Crippen LogP contribution in [0.4, 0.5) is 5.69 Å². The maximum atomic E-state index is 12.3. The van der Waals surface area contributed by atoms with Gasteiger partial charge < -0.3 is 4.74 Å². The average molecular weight is 338 g/mol. The largest absolute Gasteiger partial charge is 0.457 e. The molecule has 0 spiro atoms. The summed E-state index contributed by atoms with van der Waals surface area (Å²) >= 11 is 0. The van der Waals surface area contributed by atoms with E-state index in [2.05, 4.69) is 0 Å². The molecule has 0 bridgehead atoms. The lowest BCUT2D eigenvalue weighted by Crippen LogP contribution is -2.56. The molecule has 3 rings (SSSR count). The van der Waals surface area contributed by atoms with Crippen LogP contribution in [0, 0.1) is 5.92 Å². The zero-order chi connectivity index (χ0) is 17.8. The summed E-state index contributed by atoms with van der Waals surface area (Å²) in [5.74, 6) is 1.35. The molecule has 5 nitrogen and oxygen atoms in total. The molecule has 0 saturated carbocycles. The van der Waals surface area contributed by atoms with Gasteiger partial charge in [-0.25, -0.2) is 0 Å². The SMILES string of the molecule is CCC(=O)N1C(=O)CC(C)CN1c1ccc(Oc2ccccc2)cc1. The van der Waals surface area contributed by atoms with E-state index in [0.717, 1.165) is 11.4 Å². The topological polar surface area (TPSA) is 49.9 Å². The smallest absolute Gasteiger partial charge is 0.248 e. The number of para-hydroxylation sites is 1. The molecule has 0 aromatic heterocycles. The Balaban J connectivity index is 1.81. The number of rotatable bonds is 4. The molecule has 2 amide bonds. The Kier molecular flexibility index (Phi) is 5.03. The highest BCUT2D eigenvalue weighted by atomic mass is 16.5. The van der Waals surface area contributed by atoms with Gasteiger partial charge in [-0.15, -0.1) is 0 Å². The molecule has 25 heavy (non-hydrogen) atoms. The summed E-state index contributed by atoms with van der Waals surface area (Å²) in [6.45, 7) is 4.42. The van der Waals surface area contributed by atoms with E-state index < -0.39 is 0 Å². The first-order chi connectivity index (χ1) is 12.1. The van der Waals surface area contributed by atoms with Crippen LogP contribution in [0.3, 0.4) is 0 Å². The number of hydrazine groups is 1. The maximum absolute atomic E-state index is 12.3. The number of carbonyl (C=O) groups excluding carboxylic acids is 2. The molecule has 0 N–H and O–H groups in total. The molecule has 0 radical (unpaired) electrons. The average Bonchev–Trinajstić information content (AvgIpc) is 2.62. The van der Waals surface area contributed by atoms with Gasteiger partial charge in [-0.3, -0.25) is 14.6 Å². The summed E-state index contributed by atoms with van der Waals surface area (Å²) in [5, 5.41) is 3.06. The lowest BCUT2D eigenvalue weighted by molar-refractivity contribution is -0.148. The number of imide groups is 1. The molecule has 1 aliphatic heterocycles. The summed E-state index contributed by atoms with van der Waals surface area (Å²) in [5.41, 5.74) is 0.808. The van der Waals surface area contributed by atoms with Crippen molar-refractivity contribution in [2.45, 2.75) is 26.7 Å². The van der Waals surface area contributed by atoms with Gasteiger partial charge in [0.25, 0.3) is 0 Å². The van der Waals surface area contributed by atoms with Crippen LogP contribution in [0.25, 0.3) is 0 Å². The van der Waals surface area contributed by atoms with Crippen LogP contribution >= 0.6 is 0 Å². The Hall–Kier alpha value is -2.82. The van der Waals surface area contributed by atoms with Crippen molar-refractivity contribution in [2.75, 3.05) is 11.6 Å². The molecule has 2 aromatic rings. The van der Waals surface area contributed by atoms with Gasteiger partial charge in [0.15, 0.2) is 0 Å². The summed E-state index contributed by atoms with van der Waals surface area (Å²) in [4.78, 5) is 24.6. The minimum Gasteiger partial charge on any atom is -0.457 e. The van der Waals surface area contributed by atoms with Crippen LogP contribution in [0.5, 0.6) is 11.5 Å². The van der Waals surface area contributed by atoms with Crippen molar-refractivity contribution in [1.82, 2.24) is 5.01 Å². The highest BCUT2D eigenvalue weighted by Gasteiger charge is 2.34. The highest BCUT2D eigenvalue weighted by Crippen LogP contribution is 2.28. The van der Waals surface area contributed by atoms with Crippen LogP contribution in [0.2, 0.25) is 0 Å². The van der Waals surface area contributed by atoms with E-state index in [1.807, 2.05) is 61.5 Å². The van der Waals surface area contributed by atoms with E-state index >= 15 is 0 Å². The quantitative estimate of drug-likeness (QED) is 0.845. The van der Waals surface area contributed by atoms with Gasteiger partial charge in [-0.1, -0.05) is 32.0 Å². The minimum absolute atomic E-state index is 0.143. The third kappa shape index (κ3) is 3.82. The zero-order valence-electron chi connectivity index (χ0n) is 14.5. The van der Waals surface area contributed by atoms with Crippen molar-refractivity contribution in [3.63, 3.8) is 0 Å². The number of amides is 2. The van der Waals surface area contributed by atoms with E-state index in [9.17, 15) is 9.59 Å². The van der Waals surface area contributed by atoms with Gasteiger partial charge in [0.1, 0.15) is 11.5 Å². The summed E-state index contributed by atoms with van der Waals surface area (Å²) in [6, 6.07) is 17.0. The van der Waals surface area contributed by atoms with E-state index in [4.69, 9.17) is 4.74 Å². The molecule has 5 heteroatoms. The maximum Gasteiger partial charge on any atom is 0.248 e. The predicted molar refractivity (Wildman–Crippen MR) is 96.2 cm³/mol. The van der Waals surface area contributed by atoms with Gasteiger partial charge in [-0.2, -0.15) is 5.01 Å². The number of ether oxygens (including phenoxy) is 1. The standard InChI is InChI=1S/C20H22N2O3/c1-3-19(23)22-20(24)13-15(2)14-21(22)16-9-11-18(12-10-16)25-17-7-5-4-6-8-17/h4-12,15H,3,13-14H2,1-2H3. The molecule has 2 aromatic carbocycles. The highest BCUT2D eigenvalue weighted by molar-refractivity contribution is 5.97. The third-order valence-electron chi connectivity index (χ3n) is 4.14. The summed E-state index contributed by atoms with van der Waals surface area (Å²) in [7, 11) is 0. The lowest BCUT2D eigenvalue weighted by atomic mass is 10.0. The Morgan fingerprint density at radius 1 is 1.08 bits per heavy atom. The number of hydrogen-bond acceptors (Lipinski definition) is 4. The Morgan fingerprint density at radius 3 is 2.36 bits per heavy atom. The molecule has 130 valence electrons. The molecule has 1 atom stereocenters. The molecule has 1 fully saturated rings. The third-order valence-corrected chi connectivity index (χ3v) is 4.14. The van der Waals surface area contributed by atoms with Crippen molar-refractivity contribution in [1.29, 1.82) is 0 Å². The van der Waals surface area contributed by atoms with E-state index in [-0.39, 0.29) is 17.7 Å². The van der Waals surface area contributed by atoms with Crippen molar-refractivity contribution < 1.29 is 14.3 Å². The second kappa shape index (κ2) is 7.38. The fourth-order valence-corrected chi connectivity index (χ4v) is 2.92. The number of carbonyl (C=O) groups is 2. The monoisotopic (exact) mass is 338 g/mol. The van der Waals surface area contributed by atoms with Gasteiger partial charge in [0, 0.05) is 19.4 Å². The van der Waals surface area contributed by atoms with Crippen molar-refractivity contribution in [2.24, 2.45) is 5.92 Å². The second-order valence-electron chi connectivity index (χ2n) is 6.25. The van der Waals surface area contributed by atoms with Crippen LogP contribution in [0.15, 0.2) is 54.6 Å². The number of benzene rings is 2. The Bertz CT molecular complexity index is 743. The molecule has 1 saturated heterocycles. The van der Waals surface area contributed by atoms with Crippen LogP contribution < -0.4 is 9.75 Å².